The molecule has 70 valence electrons. The van der Waals surface area contributed by atoms with Gasteiger partial charge in [0.25, 0.3) is 0 Å². The van der Waals surface area contributed by atoms with Crippen LogP contribution in [0.25, 0.3) is 0 Å². The van der Waals surface area contributed by atoms with Crippen molar-refractivity contribution in [2.75, 3.05) is 0 Å². The van der Waals surface area contributed by atoms with E-state index in [1.54, 1.807) is 0 Å². The number of allylic oxidation sites excluding steroid dienone is 1. The highest BCUT2D eigenvalue weighted by atomic mass is 16.4. The first-order chi connectivity index (χ1) is 6.11. The first-order valence-electron chi connectivity index (χ1n) is 4.06. The normalized spacial score (nSPS) is 26.9. The van der Waals surface area contributed by atoms with Crippen LogP contribution in [0.15, 0.2) is 11.5 Å². The highest BCUT2D eigenvalue weighted by Crippen LogP contribution is 2.34. The van der Waals surface area contributed by atoms with E-state index >= 15 is 0 Å². The second-order valence-electron chi connectivity index (χ2n) is 3.24. The number of carboxylic acid groups (broad SMARTS) is 1. The smallest absolute Gasteiger partial charge is 0.351 e. The van der Waals surface area contributed by atoms with Crippen LogP contribution in [0.2, 0.25) is 0 Å². The van der Waals surface area contributed by atoms with Gasteiger partial charge >= 0.3 is 5.97 Å². The van der Waals surface area contributed by atoms with E-state index in [9.17, 15) is 14.7 Å². The van der Waals surface area contributed by atoms with Crippen LogP contribution >= 0.6 is 0 Å². The highest BCUT2D eigenvalue weighted by Gasteiger charge is 2.42. The lowest BCUT2D eigenvalue weighted by molar-refractivity contribution is -0.313. The Hall–Kier alpha value is -1.52. The Morgan fingerprint density at radius 2 is 2.31 bits per heavy atom. The largest absolute Gasteiger partial charge is 0.874 e. The SMILES string of the molecule is O=C(O)C1=C([O-])CCC2CC(=O)N12. The van der Waals surface area contributed by atoms with E-state index in [1.165, 1.54) is 0 Å². The number of nitrogens with zero attached hydrogens (tertiary/aromatic N) is 1. The van der Waals surface area contributed by atoms with Crippen LogP contribution in [0.4, 0.5) is 0 Å². The van der Waals surface area contributed by atoms with Crippen molar-refractivity contribution in [2.45, 2.75) is 25.3 Å². The number of β-lactam (4-membered cyclic amide) rings is 1. The fourth-order valence-corrected chi connectivity index (χ4v) is 1.79. The molecule has 5 heteroatoms. The summed E-state index contributed by atoms with van der Waals surface area (Å²) in [4.78, 5) is 22.8. The monoisotopic (exact) mass is 182 g/mol. The Bertz CT molecular complexity index is 320. The average Bonchev–Trinajstić information content (AvgIpc) is 2.05. The van der Waals surface area contributed by atoms with Crippen molar-refractivity contribution in [3.05, 3.63) is 11.5 Å². The Morgan fingerprint density at radius 1 is 1.62 bits per heavy atom. The van der Waals surface area contributed by atoms with Crippen LogP contribution in [0, 0.1) is 0 Å². The molecule has 1 unspecified atom stereocenters. The third-order valence-electron chi connectivity index (χ3n) is 2.46. The van der Waals surface area contributed by atoms with E-state index in [0.717, 1.165) is 4.90 Å². The van der Waals surface area contributed by atoms with Crippen LogP contribution in [-0.4, -0.2) is 27.9 Å². The molecule has 0 aromatic rings. The minimum atomic E-state index is -1.29. The van der Waals surface area contributed by atoms with Gasteiger partial charge in [-0.05, 0) is 12.8 Å². The number of hydrogen-bond acceptors (Lipinski definition) is 3. The molecule has 1 saturated heterocycles. The van der Waals surface area contributed by atoms with Crippen LogP contribution in [0.1, 0.15) is 19.3 Å². The third-order valence-corrected chi connectivity index (χ3v) is 2.46. The molecule has 2 heterocycles. The summed E-state index contributed by atoms with van der Waals surface area (Å²) in [6, 6.07) is -0.0451. The molecule has 0 aromatic heterocycles. The average molecular weight is 182 g/mol. The van der Waals surface area contributed by atoms with Gasteiger partial charge in [0.2, 0.25) is 5.91 Å². The van der Waals surface area contributed by atoms with Gasteiger partial charge in [-0.3, -0.25) is 4.79 Å². The summed E-state index contributed by atoms with van der Waals surface area (Å²) in [5.74, 6) is -1.98. The minimum Gasteiger partial charge on any atom is -0.874 e. The molecule has 13 heavy (non-hydrogen) atoms. The van der Waals surface area contributed by atoms with Gasteiger partial charge < -0.3 is 15.1 Å². The molecule has 1 N–H and O–H groups in total. The van der Waals surface area contributed by atoms with Gasteiger partial charge in [0, 0.05) is 12.5 Å². The van der Waals surface area contributed by atoms with Gasteiger partial charge in [-0.1, -0.05) is 0 Å². The van der Waals surface area contributed by atoms with Gasteiger partial charge in [-0.25, -0.2) is 4.79 Å². The number of hydrogen-bond donors (Lipinski definition) is 1. The van der Waals surface area contributed by atoms with Crippen molar-refractivity contribution in [2.24, 2.45) is 0 Å². The van der Waals surface area contributed by atoms with E-state index in [4.69, 9.17) is 5.11 Å². The van der Waals surface area contributed by atoms with Gasteiger partial charge in [0.1, 0.15) is 5.70 Å². The maximum Gasteiger partial charge on any atom is 0.351 e. The van der Waals surface area contributed by atoms with E-state index < -0.39 is 11.7 Å². The molecule has 0 saturated carbocycles. The molecular weight excluding hydrogens is 174 g/mol. The summed E-state index contributed by atoms with van der Waals surface area (Å²) in [5.41, 5.74) is -0.340. The summed E-state index contributed by atoms with van der Waals surface area (Å²) in [6.07, 6.45) is 1.22. The predicted octanol–water partition coefficient (Wildman–Crippen LogP) is -0.962. The molecule has 0 spiro atoms. The lowest BCUT2D eigenvalue weighted by Crippen LogP contribution is -2.56. The summed E-state index contributed by atoms with van der Waals surface area (Å²) in [7, 11) is 0. The van der Waals surface area contributed by atoms with Crippen LogP contribution in [-0.2, 0) is 9.59 Å². The molecule has 2 aliphatic heterocycles. The molecule has 0 aliphatic carbocycles. The topological polar surface area (TPSA) is 80.7 Å². The van der Waals surface area contributed by atoms with Crippen molar-refractivity contribution in [3.8, 4) is 0 Å². The number of carboxylic acids is 1. The number of aliphatic carboxylic acids is 1. The molecule has 0 bridgehead atoms. The quantitative estimate of drug-likeness (QED) is 0.529. The molecule has 0 aromatic carbocycles. The number of rotatable bonds is 1. The second kappa shape index (κ2) is 2.48. The van der Waals surface area contributed by atoms with Crippen molar-refractivity contribution in [3.63, 3.8) is 0 Å². The van der Waals surface area contributed by atoms with Crippen LogP contribution < -0.4 is 5.11 Å². The second-order valence-corrected chi connectivity index (χ2v) is 3.24. The molecule has 2 aliphatic rings. The molecule has 1 atom stereocenters. The maximum absolute atomic E-state index is 11.2. The Labute approximate surface area is 74.3 Å². The number of carbonyl (C=O) groups is 2. The predicted molar refractivity (Wildman–Crippen MR) is 39.1 cm³/mol. The van der Waals surface area contributed by atoms with Gasteiger partial charge in [-0.15, -0.1) is 5.76 Å². The highest BCUT2D eigenvalue weighted by molar-refractivity contribution is 5.96. The number of carbonyl (C=O) groups excluding carboxylic acids is 1. The molecule has 1 amide bonds. The fourth-order valence-electron chi connectivity index (χ4n) is 1.79. The molecule has 0 radical (unpaired) electrons. The van der Waals surface area contributed by atoms with Crippen molar-refractivity contribution < 1.29 is 19.8 Å². The first kappa shape index (κ1) is 8.10. The zero-order valence-electron chi connectivity index (χ0n) is 6.82. The number of amides is 1. The number of fused-ring (bicyclic) bond motifs is 1. The maximum atomic E-state index is 11.2. The lowest BCUT2D eigenvalue weighted by Gasteiger charge is -2.46. The van der Waals surface area contributed by atoms with E-state index in [-0.39, 0.29) is 24.1 Å². The molecular formula is C8H8NO4-. The summed E-state index contributed by atoms with van der Waals surface area (Å²) in [5, 5.41) is 19.9. The molecule has 1 fully saturated rings. The molecule has 2 rings (SSSR count). The van der Waals surface area contributed by atoms with Crippen molar-refractivity contribution in [1.82, 2.24) is 4.90 Å². The Morgan fingerprint density at radius 3 is 2.77 bits per heavy atom. The summed E-state index contributed by atoms with van der Waals surface area (Å²) >= 11 is 0. The Balaban J connectivity index is 2.37. The zero-order valence-corrected chi connectivity index (χ0v) is 6.82. The Kier molecular flexibility index (Phi) is 1.55. The van der Waals surface area contributed by atoms with Crippen LogP contribution in [0.3, 0.4) is 0 Å². The van der Waals surface area contributed by atoms with Crippen molar-refractivity contribution in [1.29, 1.82) is 0 Å². The van der Waals surface area contributed by atoms with E-state index in [1.807, 2.05) is 0 Å². The van der Waals surface area contributed by atoms with Gasteiger partial charge in [0.05, 0.1) is 0 Å². The third kappa shape index (κ3) is 0.998. The summed E-state index contributed by atoms with van der Waals surface area (Å²) in [6.45, 7) is 0. The lowest BCUT2D eigenvalue weighted by atomic mass is 9.91. The minimum absolute atomic E-state index is 0.0451. The first-order valence-corrected chi connectivity index (χ1v) is 4.06. The van der Waals surface area contributed by atoms with Crippen LogP contribution in [0.5, 0.6) is 0 Å². The van der Waals surface area contributed by atoms with Crippen molar-refractivity contribution >= 4 is 11.9 Å². The fraction of sp³-hybridized carbons (Fsp3) is 0.500. The van der Waals surface area contributed by atoms with E-state index in [0.29, 0.717) is 12.8 Å². The van der Waals surface area contributed by atoms with Gasteiger partial charge in [0.15, 0.2) is 0 Å². The zero-order chi connectivity index (χ0) is 9.59. The summed E-state index contributed by atoms with van der Waals surface area (Å²) < 4.78 is 0. The van der Waals surface area contributed by atoms with E-state index in [2.05, 4.69) is 0 Å². The van der Waals surface area contributed by atoms with Gasteiger partial charge in [-0.2, -0.15) is 0 Å². The standard InChI is InChI=1S/C8H9NO4/c10-5-2-1-4-3-6(11)9(4)7(5)8(12)13/h4,10H,1-3H2,(H,12,13)/p-1. The molecule has 5 nitrogen and oxygen atoms in total.